The molecule has 0 fully saturated rings. The summed E-state index contributed by atoms with van der Waals surface area (Å²) >= 11 is 2.19. The van der Waals surface area contributed by atoms with Crippen LogP contribution in [0.15, 0.2) is 46.9 Å². The van der Waals surface area contributed by atoms with Crippen LogP contribution in [0.25, 0.3) is 0 Å². The van der Waals surface area contributed by atoms with E-state index >= 15 is 0 Å². The average Bonchev–Trinajstić information content (AvgIpc) is 2.75. The molecule has 0 aliphatic heterocycles. The van der Waals surface area contributed by atoms with Crippen LogP contribution in [0.4, 0.5) is 0 Å². The Morgan fingerprint density at radius 3 is 2.32 bits per heavy atom. The Balaban J connectivity index is 2.11. The van der Waals surface area contributed by atoms with E-state index in [0.29, 0.717) is 6.04 Å². The second-order valence-electron chi connectivity index (χ2n) is 5.80. The lowest BCUT2D eigenvalue weighted by atomic mass is 9.82. The molecule has 1 N–H and O–H groups in total. The molecule has 102 valence electrons. The predicted octanol–water partition coefficient (Wildman–Crippen LogP) is 4.76. The Labute approximate surface area is 128 Å². The summed E-state index contributed by atoms with van der Waals surface area (Å²) in [5.41, 5.74) is 1.47. The fraction of sp³-hybridized carbons (Fsp3) is 0.375. The van der Waals surface area contributed by atoms with Crippen LogP contribution in [0, 0.1) is 9.18 Å². The zero-order valence-corrected chi connectivity index (χ0v) is 13.8. The Bertz CT molecular complexity index is 513. The topological polar surface area (TPSA) is 25.2 Å². The Hall–Kier alpha value is -0.810. The molecule has 2 nitrogen and oxygen atoms in total. The lowest BCUT2D eigenvalue weighted by Crippen LogP contribution is -2.31. The molecule has 1 aromatic carbocycles. The van der Waals surface area contributed by atoms with E-state index in [1.54, 1.807) is 0 Å². The zero-order valence-electron chi connectivity index (χ0n) is 11.6. The first-order valence-corrected chi connectivity index (χ1v) is 7.57. The van der Waals surface area contributed by atoms with Gasteiger partial charge in [-0.1, -0.05) is 51.1 Å². The van der Waals surface area contributed by atoms with Crippen LogP contribution in [0.3, 0.4) is 0 Å². The van der Waals surface area contributed by atoms with Crippen LogP contribution in [0.2, 0.25) is 0 Å². The van der Waals surface area contributed by atoms with Gasteiger partial charge in [0.05, 0.1) is 6.54 Å². The van der Waals surface area contributed by atoms with Gasteiger partial charge in [0, 0.05) is 6.04 Å². The number of hydrogen-bond donors (Lipinski definition) is 1. The van der Waals surface area contributed by atoms with E-state index < -0.39 is 0 Å². The van der Waals surface area contributed by atoms with Gasteiger partial charge in [-0.3, -0.25) is 0 Å². The van der Waals surface area contributed by atoms with Crippen LogP contribution in [0.1, 0.15) is 38.1 Å². The molecule has 1 heterocycles. The summed E-state index contributed by atoms with van der Waals surface area (Å²) in [6, 6.07) is 14.9. The molecule has 0 aliphatic rings. The second kappa shape index (κ2) is 6.09. The SMILES string of the molecule is CC(C)(C)C(NCc1ccc(I)o1)c1ccccc1. The van der Waals surface area contributed by atoms with Gasteiger partial charge >= 0.3 is 0 Å². The summed E-state index contributed by atoms with van der Waals surface area (Å²) < 4.78 is 6.54. The fourth-order valence-electron chi connectivity index (χ4n) is 2.22. The van der Waals surface area contributed by atoms with Gasteiger partial charge in [-0.25, -0.2) is 0 Å². The monoisotopic (exact) mass is 369 g/mol. The highest BCUT2D eigenvalue weighted by molar-refractivity contribution is 14.1. The van der Waals surface area contributed by atoms with Crippen molar-refractivity contribution in [2.24, 2.45) is 5.41 Å². The molecule has 0 saturated carbocycles. The van der Waals surface area contributed by atoms with Crippen LogP contribution >= 0.6 is 22.6 Å². The van der Waals surface area contributed by atoms with Gasteiger partial charge in [-0.2, -0.15) is 0 Å². The summed E-state index contributed by atoms with van der Waals surface area (Å²) in [5.74, 6) is 0.981. The zero-order chi connectivity index (χ0) is 13.9. The summed E-state index contributed by atoms with van der Waals surface area (Å²) in [4.78, 5) is 0. The van der Waals surface area contributed by atoms with E-state index in [-0.39, 0.29) is 5.41 Å². The highest BCUT2D eigenvalue weighted by atomic mass is 127. The molecule has 2 rings (SSSR count). The lowest BCUT2D eigenvalue weighted by Gasteiger charge is -2.32. The van der Waals surface area contributed by atoms with Crippen molar-refractivity contribution < 1.29 is 4.42 Å². The Morgan fingerprint density at radius 1 is 1.11 bits per heavy atom. The standard InChI is InChI=1S/C16H20INO/c1-16(2,3)15(12-7-5-4-6-8-12)18-11-13-9-10-14(17)19-13/h4-10,15,18H,11H2,1-3H3. The summed E-state index contributed by atoms with van der Waals surface area (Å²) in [7, 11) is 0. The number of furan rings is 1. The predicted molar refractivity (Wildman–Crippen MR) is 86.9 cm³/mol. The van der Waals surface area contributed by atoms with E-state index in [4.69, 9.17) is 4.42 Å². The second-order valence-corrected chi connectivity index (χ2v) is 6.86. The van der Waals surface area contributed by atoms with E-state index in [0.717, 1.165) is 16.1 Å². The van der Waals surface area contributed by atoms with Crippen LogP contribution in [-0.2, 0) is 6.54 Å². The van der Waals surface area contributed by atoms with Gasteiger partial charge in [0.15, 0.2) is 3.77 Å². The molecule has 3 heteroatoms. The van der Waals surface area contributed by atoms with E-state index in [9.17, 15) is 0 Å². The third kappa shape index (κ3) is 4.08. The third-order valence-corrected chi connectivity index (χ3v) is 3.69. The van der Waals surface area contributed by atoms with Gasteiger partial charge in [0.2, 0.25) is 0 Å². The number of rotatable bonds is 4. The maximum Gasteiger partial charge on any atom is 0.164 e. The van der Waals surface area contributed by atoms with Gasteiger partial charge in [-0.05, 0) is 45.7 Å². The molecular weight excluding hydrogens is 349 g/mol. The molecule has 0 aliphatic carbocycles. The van der Waals surface area contributed by atoms with Gasteiger partial charge in [-0.15, -0.1) is 0 Å². The summed E-state index contributed by atoms with van der Waals surface area (Å²) in [6.07, 6.45) is 0. The first-order chi connectivity index (χ1) is 8.97. The molecule has 0 spiro atoms. The van der Waals surface area contributed by atoms with Crippen molar-refractivity contribution in [1.82, 2.24) is 5.32 Å². The minimum atomic E-state index is 0.154. The van der Waals surface area contributed by atoms with Gasteiger partial charge in [0.25, 0.3) is 0 Å². The van der Waals surface area contributed by atoms with Crippen LogP contribution in [0.5, 0.6) is 0 Å². The minimum absolute atomic E-state index is 0.154. The van der Waals surface area contributed by atoms with Crippen molar-refractivity contribution in [3.63, 3.8) is 0 Å². The maximum absolute atomic E-state index is 5.61. The average molecular weight is 369 g/mol. The molecule has 1 aromatic heterocycles. The molecule has 0 saturated heterocycles. The molecule has 1 atom stereocenters. The largest absolute Gasteiger partial charge is 0.454 e. The van der Waals surface area contributed by atoms with Crippen LogP contribution < -0.4 is 5.32 Å². The number of nitrogens with one attached hydrogen (secondary N) is 1. The number of hydrogen-bond acceptors (Lipinski definition) is 2. The number of benzene rings is 1. The molecule has 19 heavy (non-hydrogen) atoms. The van der Waals surface area contributed by atoms with Crippen molar-refractivity contribution in [2.75, 3.05) is 0 Å². The van der Waals surface area contributed by atoms with Crippen molar-refractivity contribution in [3.05, 3.63) is 57.6 Å². The highest BCUT2D eigenvalue weighted by Crippen LogP contribution is 2.32. The van der Waals surface area contributed by atoms with E-state index in [1.807, 2.05) is 12.1 Å². The lowest BCUT2D eigenvalue weighted by molar-refractivity contribution is 0.264. The van der Waals surface area contributed by atoms with Gasteiger partial charge in [0.1, 0.15) is 5.76 Å². The first kappa shape index (κ1) is 14.6. The van der Waals surface area contributed by atoms with Crippen molar-refractivity contribution in [2.45, 2.75) is 33.4 Å². The highest BCUT2D eigenvalue weighted by Gasteiger charge is 2.25. The molecule has 0 amide bonds. The fourth-order valence-corrected chi connectivity index (χ4v) is 2.68. The van der Waals surface area contributed by atoms with Crippen LogP contribution in [-0.4, -0.2) is 0 Å². The van der Waals surface area contributed by atoms with Gasteiger partial charge < -0.3 is 9.73 Å². The number of halogens is 1. The molecule has 0 radical (unpaired) electrons. The Kier molecular flexibility index (Phi) is 4.68. The smallest absolute Gasteiger partial charge is 0.164 e. The third-order valence-electron chi connectivity index (χ3n) is 3.11. The summed E-state index contributed by atoms with van der Waals surface area (Å²) in [5, 5.41) is 3.61. The van der Waals surface area contributed by atoms with Crippen molar-refractivity contribution in [3.8, 4) is 0 Å². The quantitative estimate of drug-likeness (QED) is 0.786. The first-order valence-electron chi connectivity index (χ1n) is 6.49. The van der Waals surface area contributed by atoms with Crippen molar-refractivity contribution in [1.29, 1.82) is 0 Å². The maximum atomic E-state index is 5.61. The van der Waals surface area contributed by atoms with Crippen molar-refractivity contribution >= 4 is 22.6 Å². The Morgan fingerprint density at radius 2 is 1.79 bits per heavy atom. The molecular formula is C16H20INO. The normalized spacial score (nSPS) is 13.5. The minimum Gasteiger partial charge on any atom is -0.454 e. The molecule has 2 aromatic rings. The van der Waals surface area contributed by atoms with E-state index in [1.165, 1.54) is 5.56 Å². The summed E-state index contributed by atoms with van der Waals surface area (Å²) in [6.45, 7) is 7.51. The molecule has 0 bridgehead atoms. The van der Waals surface area contributed by atoms with E-state index in [2.05, 4.69) is 79.0 Å². The molecule has 1 unspecified atom stereocenters.